The third kappa shape index (κ3) is 5.76. The summed E-state index contributed by atoms with van der Waals surface area (Å²) in [6, 6.07) is 12.8. The first kappa shape index (κ1) is 19.8. The molecule has 0 radical (unpaired) electrons. The summed E-state index contributed by atoms with van der Waals surface area (Å²) in [4.78, 5) is 22.8. The van der Waals surface area contributed by atoms with Crippen molar-refractivity contribution in [3.05, 3.63) is 58.6 Å². The van der Waals surface area contributed by atoms with Crippen LogP contribution in [-0.4, -0.2) is 25.6 Å². The van der Waals surface area contributed by atoms with Gasteiger partial charge in [0.2, 0.25) is 0 Å². The summed E-state index contributed by atoms with van der Waals surface area (Å²) >= 11 is 5.79. The number of hydrogen-bond donors (Lipinski definition) is 1. The first-order chi connectivity index (χ1) is 12.9. The number of rotatable bonds is 7. The smallest absolute Gasteiger partial charge is 0.266 e. The number of amides is 1. The molecule has 1 amide bonds. The molecule has 0 unspecified atom stereocenters. The summed E-state index contributed by atoms with van der Waals surface area (Å²) in [5.74, 6) is -1.51. The van der Waals surface area contributed by atoms with Crippen LogP contribution in [0.1, 0.15) is 5.56 Å². The lowest BCUT2D eigenvalue weighted by molar-refractivity contribution is -0.307. The predicted molar refractivity (Wildman–Crippen MR) is 97.2 cm³/mol. The summed E-state index contributed by atoms with van der Waals surface area (Å²) in [6.45, 7) is -0.626. The fourth-order valence-electron chi connectivity index (χ4n) is 2.08. The minimum Gasteiger partial charge on any atom is -0.546 e. The van der Waals surface area contributed by atoms with Gasteiger partial charge in [-0.3, -0.25) is 4.79 Å². The molecule has 0 saturated heterocycles. The number of halogens is 1. The average Bonchev–Trinajstić information content (AvgIpc) is 2.66. The lowest BCUT2D eigenvalue weighted by Gasteiger charge is -2.11. The highest BCUT2D eigenvalue weighted by molar-refractivity contribution is 6.30. The maximum Gasteiger partial charge on any atom is 0.266 e. The minimum absolute atomic E-state index is 0.129. The van der Waals surface area contributed by atoms with Crippen LogP contribution in [0, 0.1) is 11.3 Å². The molecular weight excluding hydrogens is 372 g/mol. The molecule has 0 aliphatic carbocycles. The van der Waals surface area contributed by atoms with E-state index in [9.17, 15) is 20.0 Å². The van der Waals surface area contributed by atoms with Crippen molar-refractivity contribution in [2.45, 2.75) is 0 Å². The van der Waals surface area contributed by atoms with E-state index in [-0.39, 0.29) is 17.1 Å². The van der Waals surface area contributed by atoms with Crippen molar-refractivity contribution >= 4 is 35.2 Å². The fraction of sp³-hybridized carbons (Fsp3) is 0.105. The fourth-order valence-corrected chi connectivity index (χ4v) is 2.20. The van der Waals surface area contributed by atoms with E-state index in [0.717, 1.165) is 0 Å². The maximum absolute atomic E-state index is 12.3. The highest BCUT2D eigenvalue weighted by atomic mass is 35.5. The Labute approximate surface area is 160 Å². The van der Waals surface area contributed by atoms with E-state index in [4.69, 9.17) is 21.1 Å². The predicted octanol–water partition coefficient (Wildman–Crippen LogP) is 2.02. The molecule has 0 heterocycles. The van der Waals surface area contributed by atoms with E-state index >= 15 is 0 Å². The van der Waals surface area contributed by atoms with Gasteiger partial charge in [0.25, 0.3) is 5.91 Å². The highest BCUT2D eigenvalue weighted by Gasteiger charge is 2.11. The molecule has 2 rings (SSSR count). The number of aliphatic carboxylic acids is 1. The number of carbonyl (C=O) groups is 2. The second-order valence-corrected chi connectivity index (χ2v) is 5.64. The van der Waals surface area contributed by atoms with E-state index in [2.05, 4.69) is 5.32 Å². The van der Waals surface area contributed by atoms with Crippen LogP contribution < -0.4 is 19.9 Å². The lowest BCUT2D eigenvalue weighted by Crippen LogP contribution is -2.29. The molecule has 138 valence electrons. The minimum atomic E-state index is -1.37. The molecule has 0 spiro atoms. The Morgan fingerprint density at radius 2 is 1.93 bits per heavy atom. The Morgan fingerprint density at radius 1 is 1.22 bits per heavy atom. The van der Waals surface area contributed by atoms with Gasteiger partial charge in [0.15, 0.2) is 11.5 Å². The Morgan fingerprint density at radius 3 is 2.52 bits per heavy atom. The number of carboxylic acids is 1. The number of nitrogens with one attached hydrogen (secondary N) is 1. The summed E-state index contributed by atoms with van der Waals surface area (Å²) in [5.41, 5.74) is 0.861. The SMILES string of the molecule is COc1cc(/C=C(/C#N)C(=O)Nc2ccc(Cl)cc2)ccc1OCC(=O)[O-]. The van der Waals surface area contributed by atoms with Crippen molar-refractivity contribution in [3.8, 4) is 17.6 Å². The lowest BCUT2D eigenvalue weighted by atomic mass is 10.1. The highest BCUT2D eigenvalue weighted by Crippen LogP contribution is 2.29. The number of anilines is 1. The van der Waals surface area contributed by atoms with Gasteiger partial charge >= 0.3 is 0 Å². The number of ether oxygens (including phenoxy) is 2. The van der Waals surface area contributed by atoms with Crippen LogP contribution in [-0.2, 0) is 9.59 Å². The van der Waals surface area contributed by atoms with Crippen molar-refractivity contribution in [1.82, 2.24) is 0 Å². The van der Waals surface area contributed by atoms with Gasteiger partial charge in [-0.05, 0) is 48.0 Å². The van der Waals surface area contributed by atoms with E-state index < -0.39 is 18.5 Å². The number of hydrogen-bond acceptors (Lipinski definition) is 6. The van der Waals surface area contributed by atoms with Crippen molar-refractivity contribution in [2.75, 3.05) is 19.0 Å². The average molecular weight is 386 g/mol. The third-order valence-corrected chi connectivity index (χ3v) is 3.56. The second kappa shape index (κ2) is 9.27. The Hall–Kier alpha value is -3.50. The van der Waals surface area contributed by atoms with Gasteiger partial charge in [0.05, 0.1) is 13.1 Å². The quantitative estimate of drug-likeness (QED) is 0.576. The van der Waals surface area contributed by atoms with Gasteiger partial charge in [-0.25, -0.2) is 0 Å². The Bertz CT molecular complexity index is 917. The number of nitriles is 1. The second-order valence-electron chi connectivity index (χ2n) is 5.20. The molecule has 2 aromatic carbocycles. The van der Waals surface area contributed by atoms with Gasteiger partial charge in [-0.15, -0.1) is 0 Å². The van der Waals surface area contributed by atoms with Gasteiger partial charge in [0, 0.05) is 10.7 Å². The number of nitrogens with zero attached hydrogens (tertiary/aromatic N) is 1. The van der Waals surface area contributed by atoms with Gasteiger partial charge in [-0.2, -0.15) is 5.26 Å². The van der Waals surface area contributed by atoms with Gasteiger partial charge < -0.3 is 24.7 Å². The summed E-state index contributed by atoms with van der Waals surface area (Å²) in [7, 11) is 1.38. The van der Waals surface area contributed by atoms with Crippen molar-refractivity contribution in [2.24, 2.45) is 0 Å². The molecule has 0 aliphatic heterocycles. The number of methoxy groups -OCH3 is 1. The van der Waals surface area contributed by atoms with E-state index in [1.165, 1.54) is 25.3 Å². The molecule has 0 saturated carbocycles. The zero-order valence-electron chi connectivity index (χ0n) is 14.2. The standard InChI is InChI=1S/C19H15ClN2O5/c1-26-17-9-12(2-7-16(17)27-11-18(23)24)8-13(10-21)19(25)22-15-5-3-14(20)4-6-15/h2-9H,11H2,1H3,(H,22,25)(H,23,24)/p-1/b13-8-. The molecule has 0 aromatic heterocycles. The van der Waals surface area contributed by atoms with E-state index in [0.29, 0.717) is 16.3 Å². The monoisotopic (exact) mass is 385 g/mol. The van der Waals surface area contributed by atoms with Crippen LogP contribution >= 0.6 is 11.6 Å². The first-order valence-electron chi connectivity index (χ1n) is 7.62. The van der Waals surface area contributed by atoms with Crippen molar-refractivity contribution in [1.29, 1.82) is 5.26 Å². The largest absolute Gasteiger partial charge is 0.546 e. The molecule has 0 fully saturated rings. The molecule has 7 nitrogen and oxygen atoms in total. The van der Waals surface area contributed by atoms with Crippen molar-refractivity contribution < 1.29 is 24.2 Å². The van der Waals surface area contributed by atoms with Crippen LogP contribution in [0.4, 0.5) is 5.69 Å². The van der Waals surface area contributed by atoms with Crippen LogP contribution in [0.2, 0.25) is 5.02 Å². The Kier molecular flexibility index (Phi) is 6.80. The molecular formula is C19H14ClN2O5-. The van der Waals surface area contributed by atoms with E-state index in [1.54, 1.807) is 30.3 Å². The van der Waals surface area contributed by atoms with Crippen LogP contribution in [0.5, 0.6) is 11.5 Å². The topological polar surface area (TPSA) is 111 Å². The first-order valence-corrected chi connectivity index (χ1v) is 8.00. The summed E-state index contributed by atoms with van der Waals surface area (Å²) in [5, 5.41) is 22.9. The molecule has 8 heteroatoms. The van der Waals surface area contributed by atoms with Crippen molar-refractivity contribution in [3.63, 3.8) is 0 Å². The van der Waals surface area contributed by atoms with Crippen LogP contribution in [0.25, 0.3) is 6.08 Å². The maximum atomic E-state index is 12.3. The van der Waals surface area contributed by atoms with Crippen LogP contribution in [0.15, 0.2) is 48.0 Å². The van der Waals surface area contributed by atoms with E-state index in [1.807, 2.05) is 6.07 Å². The molecule has 0 aliphatic rings. The van der Waals surface area contributed by atoms with Crippen LogP contribution in [0.3, 0.4) is 0 Å². The molecule has 0 atom stereocenters. The normalized spacial score (nSPS) is 10.6. The van der Waals surface area contributed by atoms with Gasteiger partial charge in [-0.1, -0.05) is 17.7 Å². The van der Waals surface area contributed by atoms with Gasteiger partial charge in [0.1, 0.15) is 18.2 Å². The summed E-state index contributed by atoms with van der Waals surface area (Å²) in [6.07, 6.45) is 1.37. The number of carboxylic acid groups (broad SMARTS) is 1. The molecule has 0 bridgehead atoms. The molecule has 2 aromatic rings. The molecule has 1 N–H and O–H groups in total. The zero-order valence-corrected chi connectivity index (χ0v) is 14.9. The third-order valence-electron chi connectivity index (χ3n) is 3.31. The Balaban J connectivity index is 2.20. The number of carbonyl (C=O) groups excluding carboxylic acids is 2. The summed E-state index contributed by atoms with van der Waals surface area (Å²) < 4.78 is 10.2. The molecule has 27 heavy (non-hydrogen) atoms. The zero-order chi connectivity index (χ0) is 19.8. The number of benzene rings is 2.